The summed E-state index contributed by atoms with van der Waals surface area (Å²) in [6, 6.07) is 23.3. The topological polar surface area (TPSA) is 70.2 Å². The number of hydrogen-bond donors (Lipinski definition) is 1. The summed E-state index contributed by atoms with van der Waals surface area (Å²) < 4.78 is 28.6. The van der Waals surface area contributed by atoms with Gasteiger partial charge in [-0.25, -0.2) is 8.42 Å². The van der Waals surface area contributed by atoms with Crippen molar-refractivity contribution < 1.29 is 13.2 Å². The molecule has 4 aromatic rings. The van der Waals surface area contributed by atoms with Gasteiger partial charge in [-0.1, -0.05) is 66.2 Å². The maximum absolute atomic E-state index is 13.7. The fraction of sp³-hybridized carbons (Fsp3) is 0.125. The van der Waals surface area contributed by atoms with Crippen LogP contribution in [0, 0.1) is 6.92 Å². The molecule has 1 N–H and O–H groups in total. The second-order valence-corrected chi connectivity index (χ2v) is 9.45. The second-order valence-electron chi connectivity index (χ2n) is 7.56. The molecule has 0 spiro atoms. The van der Waals surface area contributed by atoms with E-state index in [-0.39, 0.29) is 17.2 Å². The molecule has 3 aromatic carbocycles. The molecule has 0 amide bonds. The van der Waals surface area contributed by atoms with Gasteiger partial charge in [0.1, 0.15) is 0 Å². The van der Waals surface area contributed by atoms with Crippen molar-refractivity contribution in [2.45, 2.75) is 17.9 Å². The highest BCUT2D eigenvalue weighted by Crippen LogP contribution is 2.42. The lowest BCUT2D eigenvalue weighted by atomic mass is 9.92. The van der Waals surface area contributed by atoms with E-state index in [9.17, 15) is 13.2 Å². The number of aromatic nitrogens is 1. The summed E-state index contributed by atoms with van der Waals surface area (Å²) in [5.41, 5.74) is 3.82. The molecule has 1 aliphatic heterocycles. The lowest BCUT2D eigenvalue weighted by Crippen LogP contribution is -2.43. The van der Waals surface area contributed by atoms with E-state index in [1.807, 2.05) is 61.5 Å². The van der Waals surface area contributed by atoms with E-state index >= 15 is 0 Å². The molecule has 0 bridgehead atoms. The van der Waals surface area contributed by atoms with Gasteiger partial charge in [-0.15, -0.1) is 0 Å². The molecule has 6 heteroatoms. The summed E-state index contributed by atoms with van der Waals surface area (Å²) in [5, 5.41) is 0.860. The number of benzene rings is 3. The smallest absolute Gasteiger partial charge is 0.244 e. The zero-order valence-electron chi connectivity index (χ0n) is 16.4. The number of ketones is 1. The van der Waals surface area contributed by atoms with E-state index in [1.54, 1.807) is 24.3 Å². The quantitative estimate of drug-likeness (QED) is 0.536. The van der Waals surface area contributed by atoms with E-state index in [1.165, 1.54) is 4.31 Å². The molecule has 5 rings (SSSR count). The molecule has 150 valence electrons. The number of Topliss-reactive ketones (excluding diaryl/α,β-unsaturated/α-hetero) is 1. The van der Waals surface area contributed by atoms with Gasteiger partial charge >= 0.3 is 0 Å². The van der Waals surface area contributed by atoms with Crippen LogP contribution in [0.5, 0.6) is 0 Å². The minimum atomic E-state index is -3.90. The Labute approximate surface area is 175 Å². The highest BCUT2D eigenvalue weighted by Gasteiger charge is 2.42. The zero-order chi connectivity index (χ0) is 20.9. The second kappa shape index (κ2) is 6.93. The van der Waals surface area contributed by atoms with Crippen molar-refractivity contribution in [2.24, 2.45) is 0 Å². The number of hydrogen-bond acceptors (Lipinski definition) is 3. The molecule has 0 saturated carbocycles. The first kappa shape index (κ1) is 18.8. The van der Waals surface area contributed by atoms with Crippen molar-refractivity contribution in [1.82, 2.24) is 9.29 Å². The minimum Gasteiger partial charge on any atom is -0.352 e. The number of nitrogens with one attached hydrogen (secondary N) is 1. The largest absolute Gasteiger partial charge is 0.352 e. The Morgan fingerprint density at radius 2 is 1.57 bits per heavy atom. The summed E-state index contributed by atoms with van der Waals surface area (Å²) in [5.74, 6) is -0.232. The van der Waals surface area contributed by atoms with Crippen LogP contribution < -0.4 is 0 Å². The molecule has 0 radical (unpaired) electrons. The summed E-state index contributed by atoms with van der Waals surface area (Å²) in [6.45, 7) is 1.70. The van der Waals surface area contributed by atoms with Gasteiger partial charge in [0.25, 0.3) is 0 Å². The number of aromatic amines is 1. The van der Waals surface area contributed by atoms with E-state index < -0.39 is 16.1 Å². The normalized spacial score (nSPS) is 17.2. The highest BCUT2D eigenvalue weighted by atomic mass is 32.2. The standard InChI is InChI=1S/C24H20N2O3S/c1-16-11-13-18(14-12-16)30(28,29)26-15-21(27)23-22(19-9-5-6-10-20(19)25-23)24(26)17-7-3-2-4-8-17/h2-14,24-25H,15H2,1H3. The molecule has 1 atom stereocenters. The van der Waals surface area contributed by atoms with Gasteiger partial charge in [0.05, 0.1) is 23.2 Å². The third-order valence-corrected chi connectivity index (χ3v) is 7.45. The Balaban J connectivity index is 1.77. The maximum Gasteiger partial charge on any atom is 0.244 e. The number of rotatable bonds is 3. The first-order valence-corrected chi connectivity index (χ1v) is 11.2. The van der Waals surface area contributed by atoms with Crippen LogP contribution in [0.3, 0.4) is 0 Å². The number of carbonyl (C=O) groups is 1. The number of nitrogens with zero attached hydrogens (tertiary/aromatic N) is 1. The number of para-hydroxylation sites is 1. The predicted octanol–water partition coefficient (Wildman–Crippen LogP) is 4.45. The monoisotopic (exact) mass is 416 g/mol. The van der Waals surface area contributed by atoms with E-state index in [0.717, 1.165) is 22.0 Å². The van der Waals surface area contributed by atoms with Crippen LogP contribution in [-0.4, -0.2) is 30.0 Å². The number of aryl methyl sites for hydroxylation is 1. The molecule has 1 aliphatic rings. The van der Waals surface area contributed by atoms with Gasteiger partial charge in [-0.3, -0.25) is 4.79 Å². The van der Waals surface area contributed by atoms with Gasteiger partial charge in [0, 0.05) is 16.5 Å². The Hall–Kier alpha value is -3.22. The lowest BCUT2D eigenvalue weighted by molar-refractivity contribution is 0.0935. The third kappa shape index (κ3) is 2.88. The summed E-state index contributed by atoms with van der Waals surface area (Å²) in [7, 11) is -3.90. The zero-order valence-corrected chi connectivity index (χ0v) is 17.2. The van der Waals surface area contributed by atoms with Gasteiger partial charge < -0.3 is 4.98 Å². The van der Waals surface area contributed by atoms with E-state index in [4.69, 9.17) is 0 Å². The molecule has 2 heterocycles. The van der Waals surface area contributed by atoms with Gasteiger partial charge in [0.15, 0.2) is 5.78 Å². The first-order valence-electron chi connectivity index (χ1n) is 9.74. The van der Waals surface area contributed by atoms with Crippen LogP contribution >= 0.6 is 0 Å². The minimum absolute atomic E-state index is 0.185. The van der Waals surface area contributed by atoms with Crippen LogP contribution in [0.4, 0.5) is 0 Å². The molecule has 0 aliphatic carbocycles. The molecular formula is C24H20N2O3S. The van der Waals surface area contributed by atoms with E-state index in [0.29, 0.717) is 11.3 Å². The fourth-order valence-corrected chi connectivity index (χ4v) is 5.70. The van der Waals surface area contributed by atoms with Crippen molar-refractivity contribution in [3.63, 3.8) is 0 Å². The molecule has 5 nitrogen and oxygen atoms in total. The molecule has 30 heavy (non-hydrogen) atoms. The number of sulfonamides is 1. The van der Waals surface area contributed by atoms with Crippen LogP contribution in [0.15, 0.2) is 83.8 Å². The fourth-order valence-electron chi connectivity index (χ4n) is 4.16. The van der Waals surface area contributed by atoms with Gasteiger partial charge in [0.2, 0.25) is 10.0 Å². The number of carbonyl (C=O) groups excluding carboxylic acids is 1. The molecular weight excluding hydrogens is 396 g/mol. The summed E-state index contributed by atoms with van der Waals surface area (Å²) in [6.07, 6.45) is 0. The SMILES string of the molecule is Cc1ccc(S(=O)(=O)N2CC(=O)c3[nH]c4ccccc4c3C2c2ccccc2)cc1. The average molecular weight is 417 g/mol. The molecule has 1 aromatic heterocycles. The van der Waals surface area contributed by atoms with Crippen LogP contribution in [0.25, 0.3) is 10.9 Å². The van der Waals surface area contributed by atoms with Crippen LogP contribution in [-0.2, 0) is 10.0 Å². The van der Waals surface area contributed by atoms with Crippen molar-refractivity contribution >= 4 is 26.7 Å². The van der Waals surface area contributed by atoms with Crippen LogP contribution in [0.1, 0.15) is 33.2 Å². The Kier molecular flexibility index (Phi) is 4.34. The van der Waals surface area contributed by atoms with Gasteiger partial charge in [-0.2, -0.15) is 4.31 Å². The van der Waals surface area contributed by atoms with Crippen molar-refractivity contribution in [1.29, 1.82) is 0 Å². The molecule has 1 unspecified atom stereocenters. The third-order valence-electron chi connectivity index (χ3n) is 5.63. The Bertz CT molecular complexity index is 1360. The summed E-state index contributed by atoms with van der Waals surface area (Å²) in [4.78, 5) is 16.4. The maximum atomic E-state index is 13.7. The number of H-pyrrole nitrogens is 1. The highest BCUT2D eigenvalue weighted by molar-refractivity contribution is 7.89. The summed E-state index contributed by atoms with van der Waals surface area (Å²) >= 11 is 0. The van der Waals surface area contributed by atoms with Crippen molar-refractivity contribution in [3.8, 4) is 0 Å². The molecule has 0 saturated heterocycles. The Morgan fingerprint density at radius 1 is 0.900 bits per heavy atom. The first-order chi connectivity index (χ1) is 14.5. The van der Waals surface area contributed by atoms with Crippen LogP contribution in [0.2, 0.25) is 0 Å². The van der Waals surface area contributed by atoms with Crippen molar-refractivity contribution in [3.05, 3.63) is 101 Å². The number of fused-ring (bicyclic) bond motifs is 3. The Morgan fingerprint density at radius 3 is 2.30 bits per heavy atom. The van der Waals surface area contributed by atoms with Crippen molar-refractivity contribution in [2.75, 3.05) is 6.54 Å². The molecule has 0 fully saturated rings. The lowest BCUT2D eigenvalue weighted by Gasteiger charge is -2.34. The predicted molar refractivity (Wildman–Crippen MR) is 116 cm³/mol. The van der Waals surface area contributed by atoms with Gasteiger partial charge in [-0.05, 0) is 30.7 Å². The average Bonchev–Trinajstić information content (AvgIpc) is 3.15. The van der Waals surface area contributed by atoms with E-state index in [2.05, 4.69) is 4.98 Å².